The van der Waals surface area contributed by atoms with E-state index in [1.54, 1.807) is 26.0 Å². The second-order valence-corrected chi connectivity index (χ2v) is 15.1. The quantitative estimate of drug-likeness (QED) is 0.215. The number of ketones is 1. The molecular weight excluding hydrogens is 652 g/mol. The largest absolute Gasteiger partial charge is 0.475 e. The Kier molecular flexibility index (Phi) is 10.6. The van der Waals surface area contributed by atoms with Crippen molar-refractivity contribution in [1.29, 1.82) is 0 Å². The van der Waals surface area contributed by atoms with Crippen LogP contribution >= 0.6 is 0 Å². The van der Waals surface area contributed by atoms with Gasteiger partial charge in [-0.1, -0.05) is 86.9 Å². The Morgan fingerprint density at radius 3 is 2.33 bits per heavy atom. The molecule has 51 heavy (non-hydrogen) atoms. The molecule has 13 nitrogen and oxygen atoms in total. The average Bonchev–Trinajstić information content (AvgIpc) is 3.80. The molecule has 0 radical (unpaired) electrons. The van der Waals surface area contributed by atoms with Crippen molar-refractivity contribution in [2.75, 3.05) is 6.54 Å². The summed E-state index contributed by atoms with van der Waals surface area (Å²) in [5.74, 6) is -3.96. The van der Waals surface area contributed by atoms with Gasteiger partial charge >= 0.3 is 5.97 Å². The number of benzene rings is 2. The van der Waals surface area contributed by atoms with Crippen molar-refractivity contribution < 1.29 is 34.2 Å². The third-order valence-electron chi connectivity index (χ3n) is 11.0. The Bertz CT molecular complexity index is 1790. The summed E-state index contributed by atoms with van der Waals surface area (Å²) in [7, 11) is 0. The minimum atomic E-state index is -1.61. The summed E-state index contributed by atoms with van der Waals surface area (Å²) in [6.07, 6.45) is 9.30. The summed E-state index contributed by atoms with van der Waals surface area (Å²) < 4.78 is 1.52. The van der Waals surface area contributed by atoms with Gasteiger partial charge in [0.25, 0.3) is 11.7 Å². The van der Waals surface area contributed by atoms with Crippen LogP contribution in [0.25, 0.3) is 10.8 Å². The molecule has 1 saturated heterocycles. The van der Waals surface area contributed by atoms with Crippen molar-refractivity contribution in [3.05, 3.63) is 59.9 Å². The van der Waals surface area contributed by atoms with Crippen molar-refractivity contribution in [1.82, 2.24) is 30.5 Å². The summed E-state index contributed by atoms with van der Waals surface area (Å²) in [6, 6.07) is 10.5. The fourth-order valence-electron chi connectivity index (χ4n) is 8.27. The lowest BCUT2D eigenvalue weighted by molar-refractivity contribution is -0.154. The molecule has 3 atom stereocenters. The van der Waals surface area contributed by atoms with E-state index < -0.39 is 58.7 Å². The molecule has 1 unspecified atom stereocenters. The molecule has 3 fully saturated rings. The van der Waals surface area contributed by atoms with Crippen molar-refractivity contribution in [3.8, 4) is 0 Å². The number of hydrogen-bond acceptors (Lipinski definition) is 8. The minimum absolute atomic E-state index is 0.0241. The van der Waals surface area contributed by atoms with Gasteiger partial charge in [-0.05, 0) is 61.9 Å². The van der Waals surface area contributed by atoms with Crippen LogP contribution in [-0.2, 0) is 24.8 Å². The first-order valence-corrected chi connectivity index (χ1v) is 18.2. The lowest BCUT2D eigenvalue weighted by Crippen LogP contribution is -2.62. The third kappa shape index (κ3) is 7.83. The fraction of sp³-hybridized carbons (Fsp3) is 0.553. The second-order valence-electron chi connectivity index (χ2n) is 15.1. The molecule has 0 spiro atoms. The van der Waals surface area contributed by atoms with Gasteiger partial charge in [-0.15, -0.1) is 5.10 Å². The standard InChI is InChI=1S/C38H48N6O7/c1-37(2,51)31-22-39-42-44(31)28-21-30(34(47)41-38(32(45)36(49)50)17-9-4-10-18-38)43(23-28)35(48)29(19-24-11-5-3-6-12-24)40-33(46)27-16-15-25-13-7-8-14-26(25)20-27/h7-8,13-16,20,22,24,28-30,51H,3-6,9-12,17-19,21,23H2,1-2H3,(H,40,46)(H,41,47)(H,49,50)/t28-,29?,30-/m0/s1. The fourth-order valence-corrected chi connectivity index (χ4v) is 8.27. The van der Waals surface area contributed by atoms with Crippen LogP contribution < -0.4 is 10.6 Å². The lowest BCUT2D eigenvalue weighted by atomic mass is 9.78. The number of hydrogen-bond donors (Lipinski definition) is 4. The summed E-state index contributed by atoms with van der Waals surface area (Å²) in [5, 5.41) is 36.5. The number of carbonyl (C=O) groups excluding carboxylic acids is 4. The zero-order valence-electron chi connectivity index (χ0n) is 29.3. The van der Waals surface area contributed by atoms with E-state index >= 15 is 0 Å². The normalized spacial score (nSPS) is 21.6. The van der Waals surface area contributed by atoms with Crippen LogP contribution in [0.5, 0.6) is 0 Å². The minimum Gasteiger partial charge on any atom is -0.475 e. The van der Waals surface area contributed by atoms with Gasteiger partial charge in [0.05, 0.1) is 17.9 Å². The summed E-state index contributed by atoms with van der Waals surface area (Å²) in [6.45, 7) is 3.21. The van der Waals surface area contributed by atoms with Crippen LogP contribution in [0.3, 0.4) is 0 Å². The Hall–Kier alpha value is -4.65. The van der Waals surface area contributed by atoms with Crippen molar-refractivity contribution in [2.45, 2.75) is 120 Å². The van der Waals surface area contributed by atoms with E-state index in [-0.39, 0.29) is 31.7 Å². The first kappa shape index (κ1) is 36.2. The molecule has 2 aromatic carbocycles. The number of aliphatic hydroxyl groups is 1. The van der Waals surface area contributed by atoms with Crippen molar-refractivity contribution in [2.24, 2.45) is 5.92 Å². The average molecular weight is 701 g/mol. The molecule has 13 heteroatoms. The van der Waals surface area contributed by atoms with Gasteiger partial charge in [-0.2, -0.15) is 0 Å². The lowest BCUT2D eigenvalue weighted by Gasteiger charge is -2.37. The van der Waals surface area contributed by atoms with Gasteiger partial charge in [0.1, 0.15) is 23.2 Å². The van der Waals surface area contributed by atoms with Gasteiger partial charge in [0, 0.05) is 18.5 Å². The van der Waals surface area contributed by atoms with Gasteiger partial charge in [-0.25, -0.2) is 9.48 Å². The molecule has 272 valence electrons. The molecule has 1 aliphatic heterocycles. The van der Waals surface area contributed by atoms with Crippen LogP contribution in [0.15, 0.2) is 48.7 Å². The molecule has 1 aromatic heterocycles. The zero-order valence-corrected chi connectivity index (χ0v) is 29.3. The number of nitrogens with zero attached hydrogens (tertiary/aromatic N) is 4. The molecule has 0 bridgehead atoms. The highest BCUT2D eigenvalue weighted by Crippen LogP contribution is 2.35. The molecule has 2 aliphatic carbocycles. The van der Waals surface area contributed by atoms with E-state index in [2.05, 4.69) is 20.9 Å². The molecule has 3 amide bonds. The highest BCUT2D eigenvalue weighted by atomic mass is 16.4. The zero-order chi connectivity index (χ0) is 36.3. The number of Topliss-reactive ketones (excluding diaryl/α,β-unsaturated/α-hetero) is 1. The number of likely N-dealkylation sites (tertiary alicyclic amines) is 1. The maximum atomic E-state index is 14.8. The Balaban J connectivity index is 1.33. The monoisotopic (exact) mass is 700 g/mol. The van der Waals surface area contributed by atoms with E-state index in [9.17, 15) is 34.2 Å². The van der Waals surface area contributed by atoms with Crippen LogP contribution in [0.2, 0.25) is 0 Å². The van der Waals surface area contributed by atoms with Crippen LogP contribution in [0, 0.1) is 5.92 Å². The Labute approximate surface area is 297 Å². The number of aromatic nitrogens is 3. The topological polar surface area (TPSA) is 184 Å². The number of amides is 3. The molecule has 3 aromatic rings. The number of fused-ring (bicyclic) bond motifs is 1. The number of carbonyl (C=O) groups is 5. The molecule has 6 rings (SSSR count). The maximum Gasteiger partial charge on any atom is 0.374 e. The number of carboxylic acid groups (broad SMARTS) is 1. The SMILES string of the molecule is CC(C)(O)c1cnnn1[C@H]1C[C@@H](C(=O)NC2(C(=O)C(=O)O)CCCCC2)N(C(=O)C(CC2CCCCC2)NC(=O)c2ccc3ccccc3c2)C1. The van der Waals surface area contributed by atoms with Gasteiger partial charge in [0.2, 0.25) is 11.8 Å². The van der Waals surface area contributed by atoms with Crippen molar-refractivity contribution >= 4 is 40.2 Å². The number of nitrogens with one attached hydrogen (secondary N) is 2. The summed E-state index contributed by atoms with van der Waals surface area (Å²) in [5.41, 5.74) is -2.09. The van der Waals surface area contributed by atoms with E-state index in [1.807, 2.05) is 30.3 Å². The van der Waals surface area contributed by atoms with Gasteiger partial charge < -0.3 is 25.7 Å². The first-order valence-electron chi connectivity index (χ1n) is 18.2. The van der Waals surface area contributed by atoms with Crippen LogP contribution in [-0.4, -0.2) is 83.7 Å². The summed E-state index contributed by atoms with van der Waals surface area (Å²) in [4.78, 5) is 69.4. The van der Waals surface area contributed by atoms with Gasteiger partial charge in [-0.3, -0.25) is 19.2 Å². The number of carboxylic acids is 1. The molecule has 3 aliphatic rings. The molecular formula is C38H48N6O7. The maximum absolute atomic E-state index is 14.8. The molecule has 2 heterocycles. The number of aliphatic carboxylic acids is 1. The second kappa shape index (κ2) is 14.9. The number of rotatable bonds is 11. The summed E-state index contributed by atoms with van der Waals surface area (Å²) >= 11 is 0. The first-order chi connectivity index (χ1) is 24.4. The van der Waals surface area contributed by atoms with E-state index in [0.717, 1.165) is 49.3 Å². The molecule has 4 N–H and O–H groups in total. The van der Waals surface area contributed by atoms with E-state index in [4.69, 9.17) is 0 Å². The van der Waals surface area contributed by atoms with Crippen molar-refractivity contribution in [3.63, 3.8) is 0 Å². The predicted octanol–water partition coefficient (Wildman–Crippen LogP) is 4.04. The van der Waals surface area contributed by atoms with E-state index in [0.29, 0.717) is 30.5 Å². The highest BCUT2D eigenvalue weighted by molar-refractivity contribution is 6.36. The van der Waals surface area contributed by atoms with Gasteiger partial charge in [0.15, 0.2) is 0 Å². The molecule has 2 saturated carbocycles. The predicted molar refractivity (Wildman–Crippen MR) is 187 cm³/mol. The van der Waals surface area contributed by atoms with Crippen LogP contribution in [0.1, 0.15) is 113 Å². The highest BCUT2D eigenvalue weighted by Gasteiger charge is 2.49. The van der Waals surface area contributed by atoms with Crippen LogP contribution in [0.4, 0.5) is 0 Å². The Morgan fingerprint density at radius 2 is 1.65 bits per heavy atom. The Morgan fingerprint density at radius 1 is 0.961 bits per heavy atom. The third-order valence-corrected chi connectivity index (χ3v) is 11.0. The van der Waals surface area contributed by atoms with E-state index in [1.165, 1.54) is 15.8 Å². The smallest absolute Gasteiger partial charge is 0.374 e.